The van der Waals surface area contributed by atoms with Crippen LogP contribution in [0.25, 0.3) is 0 Å². The summed E-state index contributed by atoms with van der Waals surface area (Å²) in [6, 6.07) is 3.96. The Labute approximate surface area is 78.6 Å². The number of pyridine rings is 1. The van der Waals surface area contributed by atoms with Gasteiger partial charge in [0.05, 0.1) is 0 Å². The molecule has 2 rings (SSSR count). The molecule has 0 amide bonds. The highest BCUT2D eigenvalue weighted by atomic mass is 15.2. The van der Waals surface area contributed by atoms with E-state index in [1.54, 1.807) is 0 Å². The molecule has 0 spiro atoms. The highest BCUT2D eigenvalue weighted by molar-refractivity contribution is 5.59. The molecule has 0 saturated heterocycles. The SMILES string of the molecule is CN1CC(C)(C)c2ccc(N)nc21. The van der Waals surface area contributed by atoms with E-state index in [1.165, 1.54) is 5.56 Å². The van der Waals surface area contributed by atoms with Crippen LogP contribution in [0.4, 0.5) is 11.6 Å². The van der Waals surface area contributed by atoms with E-state index in [-0.39, 0.29) is 5.41 Å². The lowest BCUT2D eigenvalue weighted by Crippen LogP contribution is -2.25. The van der Waals surface area contributed by atoms with Crippen LogP contribution in [0.3, 0.4) is 0 Å². The van der Waals surface area contributed by atoms with Crippen LogP contribution in [0, 0.1) is 0 Å². The molecule has 2 heterocycles. The molecule has 0 saturated carbocycles. The Bertz CT molecular complexity index is 344. The zero-order chi connectivity index (χ0) is 9.64. The minimum Gasteiger partial charge on any atom is -0.384 e. The summed E-state index contributed by atoms with van der Waals surface area (Å²) in [4.78, 5) is 6.49. The average molecular weight is 177 g/mol. The Balaban J connectivity index is 2.59. The van der Waals surface area contributed by atoms with Gasteiger partial charge in [0.25, 0.3) is 0 Å². The van der Waals surface area contributed by atoms with Crippen molar-refractivity contribution in [1.29, 1.82) is 0 Å². The van der Waals surface area contributed by atoms with Crippen molar-refractivity contribution in [2.24, 2.45) is 0 Å². The lowest BCUT2D eigenvalue weighted by Gasteiger charge is -2.17. The van der Waals surface area contributed by atoms with Gasteiger partial charge in [-0.3, -0.25) is 0 Å². The molecule has 0 aliphatic carbocycles. The molecular weight excluding hydrogens is 162 g/mol. The Morgan fingerprint density at radius 2 is 2.15 bits per heavy atom. The summed E-state index contributed by atoms with van der Waals surface area (Å²) in [5.74, 6) is 1.63. The smallest absolute Gasteiger partial charge is 0.134 e. The standard InChI is InChI=1S/C10H15N3/c1-10(2)6-13(3)9-7(10)4-5-8(11)12-9/h4-5H,6H2,1-3H3,(H2,11,12). The number of nitrogen functional groups attached to an aromatic ring is 1. The van der Waals surface area contributed by atoms with Crippen LogP contribution in [0.1, 0.15) is 19.4 Å². The maximum atomic E-state index is 5.64. The van der Waals surface area contributed by atoms with E-state index in [0.717, 1.165) is 12.4 Å². The maximum absolute atomic E-state index is 5.64. The zero-order valence-electron chi connectivity index (χ0n) is 8.33. The Morgan fingerprint density at radius 1 is 1.46 bits per heavy atom. The largest absolute Gasteiger partial charge is 0.384 e. The summed E-state index contributed by atoms with van der Waals surface area (Å²) >= 11 is 0. The lowest BCUT2D eigenvalue weighted by atomic mass is 9.88. The maximum Gasteiger partial charge on any atom is 0.134 e. The van der Waals surface area contributed by atoms with Crippen LogP contribution in [-0.2, 0) is 5.41 Å². The third-order valence-corrected chi connectivity index (χ3v) is 2.62. The molecule has 0 unspecified atom stereocenters. The van der Waals surface area contributed by atoms with Crippen molar-refractivity contribution in [3.63, 3.8) is 0 Å². The minimum absolute atomic E-state index is 0.199. The van der Waals surface area contributed by atoms with Crippen molar-refractivity contribution in [2.45, 2.75) is 19.3 Å². The second-order valence-corrected chi connectivity index (χ2v) is 4.35. The predicted molar refractivity (Wildman–Crippen MR) is 54.9 cm³/mol. The van der Waals surface area contributed by atoms with Gasteiger partial charge in [0.1, 0.15) is 11.6 Å². The van der Waals surface area contributed by atoms with Gasteiger partial charge in [-0.25, -0.2) is 4.98 Å². The topological polar surface area (TPSA) is 42.1 Å². The first kappa shape index (κ1) is 8.35. The quantitative estimate of drug-likeness (QED) is 0.651. The molecule has 0 radical (unpaired) electrons. The van der Waals surface area contributed by atoms with Crippen LogP contribution in [0.15, 0.2) is 12.1 Å². The van der Waals surface area contributed by atoms with Gasteiger partial charge < -0.3 is 10.6 Å². The highest BCUT2D eigenvalue weighted by Gasteiger charge is 2.34. The van der Waals surface area contributed by atoms with Gasteiger partial charge in [0, 0.05) is 24.6 Å². The van der Waals surface area contributed by atoms with Gasteiger partial charge in [0.15, 0.2) is 0 Å². The number of fused-ring (bicyclic) bond motifs is 1. The van der Waals surface area contributed by atoms with Crippen LogP contribution in [0.5, 0.6) is 0 Å². The van der Waals surface area contributed by atoms with Crippen LogP contribution in [0.2, 0.25) is 0 Å². The second-order valence-electron chi connectivity index (χ2n) is 4.35. The summed E-state index contributed by atoms with van der Waals surface area (Å²) in [6.07, 6.45) is 0. The van der Waals surface area contributed by atoms with Crippen molar-refractivity contribution in [1.82, 2.24) is 4.98 Å². The van der Waals surface area contributed by atoms with E-state index < -0.39 is 0 Å². The second kappa shape index (κ2) is 2.37. The molecule has 0 aromatic carbocycles. The van der Waals surface area contributed by atoms with Gasteiger partial charge >= 0.3 is 0 Å². The number of hydrogen-bond acceptors (Lipinski definition) is 3. The van der Waals surface area contributed by atoms with Gasteiger partial charge in [-0.1, -0.05) is 19.9 Å². The van der Waals surface area contributed by atoms with Crippen molar-refractivity contribution in [3.05, 3.63) is 17.7 Å². The van der Waals surface area contributed by atoms with E-state index in [2.05, 4.69) is 36.8 Å². The number of aromatic nitrogens is 1. The number of rotatable bonds is 0. The summed E-state index contributed by atoms with van der Waals surface area (Å²) in [5.41, 5.74) is 7.14. The molecule has 0 atom stereocenters. The Kier molecular flexibility index (Phi) is 1.53. The van der Waals surface area contributed by atoms with Crippen molar-refractivity contribution in [3.8, 4) is 0 Å². The zero-order valence-corrected chi connectivity index (χ0v) is 8.33. The van der Waals surface area contributed by atoms with Gasteiger partial charge in [-0.05, 0) is 6.07 Å². The van der Waals surface area contributed by atoms with Gasteiger partial charge in [-0.15, -0.1) is 0 Å². The minimum atomic E-state index is 0.199. The van der Waals surface area contributed by atoms with Crippen molar-refractivity contribution < 1.29 is 0 Å². The predicted octanol–water partition coefficient (Wildman–Crippen LogP) is 1.39. The number of likely N-dealkylation sites (N-methyl/N-ethyl adjacent to an activating group) is 1. The molecule has 1 aliphatic rings. The lowest BCUT2D eigenvalue weighted by molar-refractivity contribution is 0.563. The summed E-state index contributed by atoms with van der Waals surface area (Å²) < 4.78 is 0. The Morgan fingerprint density at radius 3 is 2.85 bits per heavy atom. The van der Waals surface area contributed by atoms with E-state index in [9.17, 15) is 0 Å². The van der Waals surface area contributed by atoms with E-state index in [1.807, 2.05) is 6.07 Å². The number of nitrogens with two attached hydrogens (primary N) is 1. The van der Waals surface area contributed by atoms with Crippen LogP contribution >= 0.6 is 0 Å². The van der Waals surface area contributed by atoms with Gasteiger partial charge in [0.2, 0.25) is 0 Å². The monoisotopic (exact) mass is 177 g/mol. The molecule has 1 aromatic heterocycles. The fourth-order valence-electron chi connectivity index (χ4n) is 2.04. The molecular formula is C10H15N3. The molecule has 1 aliphatic heterocycles. The summed E-state index contributed by atoms with van der Waals surface area (Å²) in [6.45, 7) is 5.47. The van der Waals surface area contributed by atoms with Crippen LogP contribution < -0.4 is 10.6 Å². The molecule has 3 nitrogen and oxygen atoms in total. The first-order chi connectivity index (χ1) is 6.00. The molecule has 1 aromatic rings. The average Bonchev–Trinajstić information content (AvgIpc) is 2.22. The highest BCUT2D eigenvalue weighted by Crippen LogP contribution is 2.38. The van der Waals surface area contributed by atoms with Crippen LogP contribution in [-0.4, -0.2) is 18.6 Å². The van der Waals surface area contributed by atoms with E-state index in [4.69, 9.17) is 5.73 Å². The molecule has 3 heteroatoms. The molecule has 13 heavy (non-hydrogen) atoms. The number of hydrogen-bond donors (Lipinski definition) is 1. The fraction of sp³-hybridized carbons (Fsp3) is 0.500. The number of anilines is 2. The molecule has 0 fully saturated rings. The first-order valence-corrected chi connectivity index (χ1v) is 4.49. The number of nitrogens with zero attached hydrogens (tertiary/aromatic N) is 2. The Hall–Kier alpha value is -1.25. The molecule has 0 bridgehead atoms. The third kappa shape index (κ3) is 1.15. The normalized spacial score (nSPS) is 18.8. The fourth-order valence-corrected chi connectivity index (χ4v) is 2.04. The summed E-state index contributed by atoms with van der Waals surface area (Å²) in [7, 11) is 2.06. The van der Waals surface area contributed by atoms with Crippen molar-refractivity contribution >= 4 is 11.6 Å². The van der Waals surface area contributed by atoms with E-state index in [0.29, 0.717) is 5.82 Å². The molecule has 2 N–H and O–H groups in total. The van der Waals surface area contributed by atoms with E-state index >= 15 is 0 Å². The third-order valence-electron chi connectivity index (χ3n) is 2.62. The van der Waals surface area contributed by atoms with Crippen molar-refractivity contribution in [2.75, 3.05) is 24.2 Å². The first-order valence-electron chi connectivity index (χ1n) is 4.49. The molecule has 70 valence electrons. The summed E-state index contributed by atoms with van der Waals surface area (Å²) in [5, 5.41) is 0. The van der Waals surface area contributed by atoms with Gasteiger partial charge in [-0.2, -0.15) is 0 Å².